The SMILES string of the molecule is CC(C)CCN1C(=O)C2C(NC3N(c4ccc(Oc5ccccc5)cc4)CC(C)CN23)N(C)C1=O. The number of fused-ring (bicyclic) bond motifs is 3. The normalized spacial score (nSPS) is 26.8. The van der Waals surface area contributed by atoms with E-state index in [1.807, 2.05) is 42.5 Å². The molecule has 0 bridgehead atoms. The summed E-state index contributed by atoms with van der Waals surface area (Å²) in [6.07, 6.45) is 0.301. The second kappa shape index (κ2) is 9.51. The van der Waals surface area contributed by atoms with Gasteiger partial charge in [0.2, 0.25) is 0 Å². The standard InChI is InChI=1S/C27H35N5O3/c1-18(2)14-15-30-25(33)23-24(29(4)27(30)34)28-26-31(16-19(3)17-32(23)26)20-10-12-22(13-11-20)35-21-8-6-5-7-9-21/h5-13,18-19,23-24,26,28H,14-17H2,1-4H3. The summed E-state index contributed by atoms with van der Waals surface area (Å²) in [5, 5.41) is 3.59. The fraction of sp³-hybridized carbons (Fsp3) is 0.481. The molecule has 2 aromatic rings. The molecule has 4 unspecified atom stereocenters. The summed E-state index contributed by atoms with van der Waals surface area (Å²) >= 11 is 0. The smallest absolute Gasteiger partial charge is 0.327 e. The van der Waals surface area contributed by atoms with Crippen LogP contribution >= 0.6 is 0 Å². The summed E-state index contributed by atoms with van der Waals surface area (Å²) in [5.41, 5.74) is 1.05. The number of para-hydroxylation sites is 1. The minimum Gasteiger partial charge on any atom is -0.457 e. The zero-order valence-electron chi connectivity index (χ0n) is 20.9. The van der Waals surface area contributed by atoms with Crippen LogP contribution < -0.4 is 15.0 Å². The molecule has 186 valence electrons. The summed E-state index contributed by atoms with van der Waals surface area (Å²) in [4.78, 5) is 34.3. The van der Waals surface area contributed by atoms with Gasteiger partial charge in [0.25, 0.3) is 5.91 Å². The summed E-state index contributed by atoms with van der Waals surface area (Å²) in [5.74, 6) is 2.28. The molecule has 8 heteroatoms. The maximum Gasteiger partial charge on any atom is 0.327 e. The van der Waals surface area contributed by atoms with Crippen LogP contribution in [-0.2, 0) is 4.79 Å². The number of rotatable bonds is 6. The lowest BCUT2D eigenvalue weighted by atomic mass is 10.0. The zero-order chi connectivity index (χ0) is 24.7. The van der Waals surface area contributed by atoms with Crippen LogP contribution in [0.3, 0.4) is 0 Å². The Labute approximate surface area is 207 Å². The largest absolute Gasteiger partial charge is 0.457 e. The molecule has 0 aliphatic carbocycles. The van der Waals surface area contributed by atoms with Crippen LogP contribution in [0.15, 0.2) is 54.6 Å². The number of nitrogens with zero attached hydrogens (tertiary/aromatic N) is 4. The van der Waals surface area contributed by atoms with Crippen molar-refractivity contribution >= 4 is 17.6 Å². The third-order valence-electron chi connectivity index (χ3n) is 7.16. The Morgan fingerprint density at radius 2 is 1.69 bits per heavy atom. The topological polar surface area (TPSA) is 68.4 Å². The Morgan fingerprint density at radius 1 is 1.00 bits per heavy atom. The molecule has 0 spiro atoms. The fourth-order valence-electron chi connectivity index (χ4n) is 5.34. The molecule has 0 radical (unpaired) electrons. The van der Waals surface area contributed by atoms with Crippen molar-refractivity contribution in [3.8, 4) is 11.5 Å². The minimum absolute atomic E-state index is 0.0885. The lowest BCUT2D eigenvalue weighted by Crippen LogP contribution is -2.66. The van der Waals surface area contributed by atoms with Gasteiger partial charge >= 0.3 is 6.03 Å². The summed E-state index contributed by atoms with van der Waals surface area (Å²) < 4.78 is 5.96. The number of hydrogen-bond acceptors (Lipinski definition) is 6. The molecule has 5 rings (SSSR count). The summed E-state index contributed by atoms with van der Waals surface area (Å²) in [6, 6.07) is 17.2. The van der Waals surface area contributed by atoms with Gasteiger partial charge in [0.1, 0.15) is 30.0 Å². The van der Waals surface area contributed by atoms with Gasteiger partial charge in [0.15, 0.2) is 0 Å². The van der Waals surface area contributed by atoms with E-state index in [2.05, 4.69) is 48.0 Å². The van der Waals surface area contributed by atoms with Gasteiger partial charge in [-0.3, -0.25) is 19.9 Å². The van der Waals surface area contributed by atoms with Crippen LogP contribution in [0.4, 0.5) is 10.5 Å². The quantitative estimate of drug-likeness (QED) is 0.683. The molecule has 8 nitrogen and oxygen atoms in total. The van der Waals surface area contributed by atoms with Crippen LogP contribution in [0.5, 0.6) is 11.5 Å². The predicted molar refractivity (Wildman–Crippen MR) is 135 cm³/mol. The number of nitrogens with one attached hydrogen (secondary N) is 1. The second-order valence-electron chi connectivity index (χ2n) is 10.4. The van der Waals surface area contributed by atoms with E-state index in [1.165, 1.54) is 4.90 Å². The molecule has 2 aromatic carbocycles. The highest BCUT2D eigenvalue weighted by Gasteiger charge is 2.56. The van der Waals surface area contributed by atoms with Crippen LogP contribution in [0.25, 0.3) is 0 Å². The molecule has 1 N–H and O–H groups in total. The van der Waals surface area contributed by atoms with E-state index in [0.29, 0.717) is 18.4 Å². The van der Waals surface area contributed by atoms with Crippen molar-refractivity contribution in [3.05, 3.63) is 54.6 Å². The number of carbonyl (C=O) groups excluding carboxylic acids is 2. The molecule has 3 amide bonds. The average molecular weight is 478 g/mol. The number of anilines is 1. The van der Waals surface area contributed by atoms with Crippen molar-refractivity contribution < 1.29 is 14.3 Å². The average Bonchev–Trinajstić information content (AvgIpc) is 3.23. The van der Waals surface area contributed by atoms with Crippen molar-refractivity contribution in [2.24, 2.45) is 11.8 Å². The van der Waals surface area contributed by atoms with E-state index < -0.39 is 0 Å². The van der Waals surface area contributed by atoms with E-state index in [-0.39, 0.29) is 30.4 Å². The number of amides is 3. The molecular formula is C27H35N5O3. The molecular weight excluding hydrogens is 442 g/mol. The third kappa shape index (κ3) is 4.48. The Morgan fingerprint density at radius 3 is 2.37 bits per heavy atom. The monoisotopic (exact) mass is 477 g/mol. The molecule has 3 fully saturated rings. The molecule has 0 saturated carbocycles. The lowest BCUT2D eigenvalue weighted by molar-refractivity contribution is -0.139. The van der Waals surface area contributed by atoms with Gasteiger partial charge in [-0.2, -0.15) is 0 Å². The number of imide groups is 1. The van der Waals surface area contributed by atoms with Crippen molar-refractivity contribution in [2.75, 3.05) is 31.6 Å². The lowest BCUT2D eigenvalue weighted by Gasteiger charge is -2.46. The number of likely N-dealkylation sites (N-methyl/N-ethyl adjacent to an activating group) is 1. The van der Waals surface area contributed by atoms with Gasteiger partial charge in [-0.25, -0.2) is 4.79 Å². The van der Waals surface area contributed by atoms with Crippen LogP contribution in [0.1, 0.15) is 27.2 Å². The van der Waals surface area contributed by atoms with Gasteiger partial charge in [-0.05, 0) is 54.7 Å². The Bertz CT molecular complexity index is 1060. The Kier molecular flexibility index (Phi) is 6.42. The molecule has 0 aromatic heterocycles. The maximum absolute atomic E-state index is 13.6. The van der Waals surface area contributed by atoms with Gasteiger partial charge in [-0.1, -0.05) is 39.0 Å². The van der Waals surface area contributed by atoms with Crippen LogP contribution in [-0.4, -0.2) is 71.8 Å². The summed E-state index contributed by atoms with van der Waals surface area (Å²) in [7, 11) is 1.80. The maximum atomic E-state index is 13.6. The van der Waals surface area contributed by atoms with E-state index in [0.717, 1.165) is 36.7 Å². The predicted octanol–water partition coefficient (Wildman–Crippen LogP) is 3.76. The van der Waals surface area contributed by atoms with E-state index in [9.17, 15) is 9.59 Å². The van der Waals surface area contributed by atoms with Crippen molar-refractivity contribution in [1.82, 2.24) is 20.0 Å². The fourth-order valence-corrected chi connectivity index (χ4v) is 5.34. The number of ether oxygens (including phenoxy) is 1. The minimum atomic E-state index is -0.388. The van der Waals surface area contributed by atoms with E-state index >= 15 is 0 Å². The molecule has 3 saturated heterocycles. The Hall–Kier alpha value is -3.10. The number of urea groups is 1. The van der Waals surface area contributed by atoms with Crippen molar-refractivity contribution in [3.63, 3.8) is 0 Å². The van der Waals surface area contributed by atoms with E-state index in [4.69, 9.17) is 4.74 Å². The zero-order valence-corrected chi connectivity index (χ0v) is 20.9. The highest BCUT2D eigenvalue weighted by Crippen LogP contribution is 2.35. The first-order chi connectivity index (χ1) is 16.8. The first-order valence-electron chi connectivity index (χ1n) is 12.5. The first kappa shape index (κ1) is 23.6. The molecule has 3 heterocycles. The third-order valence-corrected chi connectivity index (χ3v) is 7.16. The first-order valence-corrected chi connectivity index (χ1v) is 12.5. The molecule has 3 aliphatic heterocycles. The van der Waals surface area contributed by atoms with E-state index in [1.54, 1.807) is 11.9 Å². The second-order valence-corrected chi connectivity index (χ2v) is 10.4. The number of carbonyl (C=O) groups is 2. The van der Waals surface area contributed by atoms with Gasteiger partial charge in [0.05, 0.1) is 0 Å². The Balaban J connectivity index is 1.37. The van der Waals surface area contributed by atoms with Crippen molar-refractivity contribution in [1.29, 1.82) is 0 Å². The molecule has 35 heavy (non-hydrogen) atoms. The highest BCUT2D eigenvalue weighted by molar-refractivity contribution is 6.00. The van der Waals surface area contributed by atoms with Gasteiger partial charge < -0.3 is 14.5 Å². The van der Waals surface area contributed by atoms with Gasteiger partial charge in [0, 0.05) is 32.4 Å². The molecule has 4 atom stereocenters. The van der Waals surface area contributed by atoms with Gasteiger partial charge in [-0.15, -0.1) is 0 Å². The highest BCUT2D eigenvalue weighted by atomic mass is 16.5. The van der Waals surface area contributed by atoms with Crippen LogP contribution in [0.2, 0.25) is 0 Å². The van der Waals surface area contributed by atoms with Crippen LogP contribution in [0, 0.1) is 11.8 Å². The van der Waals surface area contributed by atoms with Crippen molar-refractivity contribution in [2.45, 2.75) is 45.7 Å². The summed E-state index contributed by atoms with van der Waals surface area (Å²) in [6.45, 7) is 8.55. The number of hydrogen-bond donors (Lipinski definition) is 1. The molecule has 3 aliphatic rings. The number of benzene rings is 2.